The van der Waals surface area contributed by atoms with Crippen molar-refractivity contribution in [3.8, 4) is 5.75 Å². The number of hydrogen-bond acceptors (Lipinski definition) is 3. The Balaban J connectivity index is 2.04. The quantitative estimate of drug-likeness (QED) is 0.840. The molecule has 20 heavy (non-hydrogen) atoms. The Hall–Kier alpha value is -2.49. The topological polar surface area (TPSA) is 64.3 Å². The number of carbonyl (C=O) groups is 1. The molecule has 0 saturated heterocycles. The second-order valence-corrected chi connectivity index (χ2v) is 4.59. The predicted octanol–water partition coefficient (Wildman–Crippen LogP) is 2.77. The zero-order valence-corrected chi connectivity index (χ0v) is 11.6. The van der Waals surface area contributed by atoms with Gasteiger partial charge in [0, 0.05) is 11.3 Å². The standard InChI is InChI=1S/C16H18N2O2/c1-11(12-5-9-15(20-2)10-6-12)18-16(19)13-3-7-14(17)8-4-13/h3-11H,17H2,1-2H3,(H,18,19)/t11-/m0/s1. The number of nitrogen functional groups attached to an aromatic ring is 1. The Bertz CT molecular complexity index is 576. The molecule has 4 heteroatoms. The van der Waals surface area contributed by atoms with Crippen molar-refractivity contribution in [2.75, 3.05) is 12.8 Å². The Morgan fingerprint density at radius 2 is 1.70 bits per heavy atom. The van der Waals surface area contributed by atoms with Gasteiger partial charge >= 0.3 is 0 Å². The van der Waals surface area contributed by atoms with E-state index in [-0.39, 0.29) is 11.9 Å². The Labute approximate surface area is 118 Å². The van der Waals surface area contributed by atoms with Gasteiger partial charge in [-0.05, 0) is 48.9 Å². The minimum Gasteiger partial charge on any atom is -0.497 e. The molecule has 1 amide bonds. The molecule has 4 nitrogen and oxygen atoms in total. The largest absolute Gasteiger partial charge is 0.497 e. The SMILES string of the molecule is COc1ccc([C@H](C)NC(=O)c2ccc(N)cc2)cc1. The summed E-state index contributed by atoms with van der Waals surface area (Å²) in [5.74, 6) is 0.680. The van der Waals surface area contributed by atoms with E-state index in [4.69, 9.17) is 10.5 Å². The maximum Gasteiger partial charge on any atom is 0.251 e. The summed E-state index contributed by atoms with van der Waals surface area (Å²) in [5.41, 5.74) is 7.87. The maximum absolute atomic E-state index is 12.1. The summed E-state index contributed by atoms with van der Waals surface area (Å²) in [5, 5.41) is 2.95. The molecule has 0 fully saturated rings. The number of hydrogen-bond donors (Lipinski definition) is 2. The highest BCUT2D eigenvalue weighted by molar-refractivity contribution is 5.94. The lowest BCUT2D eigenvalue weighted by molar-refractivity contribution is 0.0940. The summed E-state index contributed by atoms with van der Waals surface area (Å²) in [6, 6.07) is 14.4. The molecule has 2 aromatic rings. The van der Waals surface area contributed by atoms with Gasteiger partial charge in [0.15, 0.2) is 0 Å². The van der Waals surface area contributed by atoms with Gasteiger partial charge in [-0.1, -0.05) is 12.1 Å². The van der Waals surface area contributed by atoms with Gasteiger partial charge in [0.2, 0.25) is 0 Å². The predicted molar refractivity (Wildman–Crippen MR) is 79.7 cm³/mol. The fraction of sp³-hybridized carbons (Fsp3) is 0.188. The normalized spacial score (nSPS) is 11.7. The molecule has 0 bridgehead atoms. The van der Waals surface area contributed by atoms with Crippen molar-refractivity contribution in [3.05, 3.63) is 59.7 Å². The third-order valence-electron chi connectivity index (χ3n) is 3.14. The molecule has 0 radical (unpaired) electrons. The van der Waals surface area contributed by atoms with Crippen molar-refractivity contribution in [2.24, 2.45) is 0 Å². The van der Waals surface area contributed by atoms with Crippen molar-refractivity contribution in [1.82, 2.24) is 5.32 Å². The zero-order chi connectivity index (χ0) is 14.5. The van der Waals surface area contributed by atoms with Crippen LogP contribution in [-0.4, -0.2) is 13.0 Å². The lowest BCUT2D eigenvalue weighted by Crippen LogP contribution is -2.26. The molecule has 3 N–H and O–H groups in total. The van der Waals surface area contributed by atoms with Gasteiger partial charge in [-0.2, -0.15) is 0 Å². The summed E-state index contributed by atoms with van der Waals surface area (Å²) in [4.78, 5) is 12.1. The Morgan fingerprint density at radius 3 is 2.25 bits per heavy atom. The Morgan fingerprint density at radius 1 is 1.10 bits per heavy atom. The molecule has 2 rings (SSSR count). The fourth-order valence-electron chi connectivity index (χ4n) is 1.89. The maximum atomic E-state index is 12.1. The fourth-order valence-corrected chi connectivity index (χ4v) is 1.89. The van der Waals surface area contributed by atoms with Crippen LogP contribution < -0.4 is 15.8 Å². The van der Waals surface area contributed by atoms with E-state index in [2.05, 4.69) is 5.32 Å². The monoisotopic (exact) mass is 270 g/mol. The van der Waals surface area contributed by atoms with Crippen LogP contribution >= 0.6 is 0 Å². The lowest BCUT2D eigenvalue weighted by atomic mass is 10.1. The van der Waals surface area contributed by atoms with Gasteiger partial charge in [-0.15, -0.1) is 0 Å². The first-order chi connectivity index (χ1) is 9.60. The van der Waals surface area contributed by atoms with Crippen molar-refractivity contribution in [3.63, 3.8) is 0 Å². The van der Waals surface area contributed by atoms with Crippen LogP contribution in [0.4, 0.5) is 5.69 Å². The van der Waals surface area contributed by atoms with Crippen LogP contribution in [0.2, 0.25) is 0 Å². The van der Waals surface area contributed by atoms with E-state index in [0.29, 0.717) is 11.3 Å². The van der Waals surface area contributed by atoms with Crippen LogP contribution in [0.15, 0.2) is 48.5 Å². The summed E-state index contributed by atoms with van der Waals surface area (Å²) < 4.78 is 5.11. The average molecular weight is 270 g/mol. The van der Waals surface area contributed by atoms with Gasteiger partial charge in [0.05, 0.1) is 13.2 Å². The highest BCUT2D eigenvalue weighted by atomic mass is 16.5. The number of carbonyl (C=O) groups excluding carboxylic acids is 1. The van der Waals surface area contributed by atoms with Gasteiger partial charge in [-0.3, -0.25) is 4.79 Å². The molecule has 0 aliphatic heterocycles. The van der Waals surface area contributed by atoms with Gasteiger partial charge in [-0.25, -0.2) is 0 Å². The highest BCUT2D eigenvalue weighted by Crippen LogP contribution is 2.17. The van der Waals surface area contributed by atoms with Crippen molar-refractivity contribution < 1.29 is 9.53 Å². The summed E-state index contributed by atoms with van der Waals surface area (Å²) >= 11 is 0. The van der Waals surface area contributed by atoms with Crippen LogP contribution in [-0.2, 0) is 0 Å². The molecule has 0 saturated carbocycles. The van der Waals surface area contributed by atoms with Crippen LogP contribution in [0.25, 0.3) is 0 Å². The summed E-state index contributed by atoms with van der Waals surface area (Å²) in [6.45, 7) is 1.94. The Kier molecular flexibility index (Phi) is 4.25. The molecule has 104 valence electrons. The van der Waals surface area contributed by atoms with Crippen molar-refractivity contribution in [1.29, 1.82) is 0 Å². The van der Waals surface area contributed by atoms with Crippen LogP contribution in [0.1, 0.15) is 28.9 Å². The van der Waals surface area contributed by atoms with E-state index in [9.17, 15) is 4.79 Å². The molecule has 0 spiro atoms. The minimum absolute atomic E-state index is 0.0778. The van der Waals surface area contributed by atoms with E-state index in [1.165, 1.54) is 0 Å². The van der Waals surface area contributed by atoms with Gasteiger partial charge in [0.25, 0.3) is 5.91 Å². The third kappa shape index (κ3) is 3.29. The minimum atomic E-state index is -0.117. The number of methoxy groups -OCH3 is 1. The summed E-state index contributed by atoms with van der Waals surface area (Å²) in [6.07, 6.45) is 0. The smallest absolute Gasteiger partial charge is 0.251 e. The number of rotatable bonds is 4. The molecule has 0 heterocycles. The molecule has 0 unspecified atom stereocenters. The molecular formula is C16H18N2O2. The van der Waals surface area contributed by atoms with E-state index in [1.54, 1.807) is 31.4 Å². The molecule has 1 atom stereocenters. The molecule has 0 aromatic heterocycles. The number of nitrogens with two attached hydrogens (primary N) is 1. The molecule has 0 aliphatic carbocycles. The average Bonchev–Trinajstić information content (AvgIpc) is 2.48. The number of anilines is 1. The number of nitrogens with one attached hydrogen (secondary N) is 1. The number of benzene rings is 2. The zero-order valence-electron chi connectivity index (χ0n) is 11.6. The summed E-state index contributed by atoms with van der Waals surface area (Å²) in [7, 11) is 1.63. The van der Waals surface area contributed by atoms with E-state index in [0.717, 1.165) is 11.3 Å². The lowest BCUT2D eigenvalue weighted by Gasteiger charge is -2.15. The van der Waals surface area contributed by atoms with Crippen LogP contribution in [0, 0.1) is 0 Å². The van der Waals surface area contributed by atoms with Crippen LogP contribution in [0.5, 0.6) is 5.75 Å². The molecular weight excluding hydrogens is 252 g/mol. The first-order valence-corrected chi connectivity index (χ1v) is 6.40. The first-order valence-electron chi connectivity index (χ1n) is 6.40. The molecule has 0 aliphatic rings. The van der Waals surface area contributed by atoms with E-state index in [1.807, 2.05) is 31.2 Å². The number of amides is 1. The second kappa shape index (κ2) is 6.10. The third-order valence-corrected chi connectivity index (χ3v) is 3.14. The highest BCUT2D eigenvalue weighted by Gasteiger charge is 2.11. The number of ether oxygens (including phenoxy) is 1. The van der Waals surface area contributed by atoms with Crippen molar-refractivity contribution in [2.45, 2.75) is 13.0 Å². The second-order valence-electron chi connectivity index (χ2n) is 4.59. The van der Waals surface area contributed by atoms with E-state index >= 15 is 0 Å². The van der Waals surface area contributed by atoms with E-state index < -0.39 is 0 Å². The van der Waals surface area contributed by atoms with Gasteiger partial charge in [0.1, 0.15) is 5.75 Å². The van der Waals surface area contributed by atoms with Gasteiger partial charge < -0.3 is 15.8 Å². The first kappa shape index (κ1) is 13.9. The van der Waals surface area contributed by atoms with Crippen molar-refractivity contribution >= 4 is 11.6 Å². The molecule has 2 aromatic carbocycles. The van der Waals surface area contributed by atoms with Crippen LogP contribution in [0.3, 0.4) is 0 Å².